The molecule has 0 amide bonds. The summed E-state index contributed by atoms with van der Waals surface area (Å²) < 4.78 is 3.27. The lowest BCUT2D eigenvalue weighted by Crippen LogP contribution is -2.27. The van der Waals surface area contributed by atoms with E-state index in [-0.39, 0.29) is 16.9 Å². The Hall–Kier alpha value is -2.48. The van der Waals surface area contributed by atoms with Gasteiger partial charge in [0.2, 0.25) is 0 Å². The number of nitro benzene ring substituents is 1. The standard InChI is InChI=1S/C22H19IN2O3/c1-22(2)12-20-18(21(26)13-22)11-19(14-3-7-17(8-4-14)25(27)28)24(20)16-9-5-15(23)6-10-16/h3-11H,12-13H2,1-2H3. The third kappa shape index (κ3) is 3.37. The van der Waals surface area contributed by atoms with E-state index in [2.05, 4.69) is 41.0 Å². The van der Waals surface area contributed by atoms with Gasteiger partial charge in [-0.2, -0.15) is 0 Å². The van der Waals surface area contributed by atoms with E-state index in [1.165, 1.54) is 12.1 Å². The molecule has 1 aliphatic carbocycles. The van der Waals surface area contributed by atoms with E-state index in [4.69, 9.17) is 0 Å². The molecule has 6 heteroatoms. The van der Waals surface area contributed by atoms with Crippen molar-refractivity contribution in [2.45, 2.75) is 26.7 Å². The lowest BCUT2D eigenvalue weighted by molar-refractivity contribution is -0.384. The fourth-order valence-corrected chi connectivity index (χ4v) is 4.22. The zero-order valence-corrected chi connectivity index (χ0v) is 17.8. The molecule has 2 aromatic carbocycles. The molecule has 0 atom stereocenters. The summed E-state index contributed by atoms with van der Waals surface area (Å²) in [7, 11) is 0. The van der Waals surface area contributed by atoms with Crippen LogP contribution >= 0.6 is 22.6 Å². The molecule has 0 unspecified atom stereocenters. The summed E-state index contributed by atoms with van der Waals surface area (Å²) in [5.74, 6) is 0.152. The number of hydrogen-bond acceptors (Lipinski definition) is 3. The Kier molecular flexibility index (Phi) is 4.61. The predicted octanol–water partition coefficient (Wildman–Crippen LogP) is 5.81. The van der Waals surface area contributed by atoms with Crippen LogP contribution in [0.3, 0.4) is 0 Å². The van der Waals surface area contributed by atoms with Crippen LogP contribution in [-0.4, -0.2) is 15.3 Å². The number of ketones is 1. The van der Waals surface area contributed by atoms with E-state index >= 15 is 0 Å². The van der Waals surface area contributed by atoms with E-state index in [1.807, 2.05) is 30.3 Å². The number of carbonyl (C=O) groups is 1. The van der Waals surface area contributed by atoms with Crippen molar-refractivity contribution in [2.24, 2.45) is 5.41 Å². The molecule has 142 valence electrons. The maximum Gasteiger partial charge on any atom is 0.269 e. The highest BCUT2D eigenvalue weighted by Gasteiger charge is 2.35. The third-order valence-electron chi connectivity index (χ3n) is 5.15. The van der Waals surface area contributed by atoms with Gasteiger partial charge in [0.15, 0.2) is 5.78 Å². The van der Waals surface area contributed by atoms with Gasteiger partial charge in [0.1, 0.15) is 0 Å². The Morgan fingerprint density at radius 3 is 2.29 bits per heavy atom. The molecule has 1 heterocycles. The van der Waals surface area contributed by atoms with Crippen LogP contribution in [-0.2, 0) is 6.42 Å². The number of non-ortho nitro benzene ring substituents is 1. The lowest BCUT2D eigenvalue weighted by Gasteiger charge is -2.30. The number of halogens is 1. The summed E-state index contributed by atoms with van der Waals surface area (Å²) in [6.07, 6.45) is 1.32. The average Bonchev–Trinajstić information content (AvgIpc) is 3.01. The molecular weight excluding hydrogens is 467 g/mol. The number of hydrogen-bond donors (Lipinski definition) is 0. The highest BCUT2D eigenvalue weighted by Crippen LogP contribution is 2.40. The van der Waals surface area contributed by atoms with Gasteiger partial charge in [-0.05, 0) is 82.5 Å². The maximum atomic E-state index is 12.8. The van der Waals surface area contributed by atoms with Gasteiger partial charge < -0.3 is 4.57 Å². The second-order valence-corrected chi connectivity index (χ2v) is 9.19. The molecule has 0 saturated heterocycles. The smallest absolute Gasteiger partial charge is 0.269 e. The van der Waals surface area contributed by atoms with Crippen molar-refractivity contribution in [3.05, 3.63) is 79.5 Å². The Balaban J connectivity index is 1.94. The number of benzene rings is 2. The van der Waals surface area contributed by atoms with Gasteiger partial charge in [-0.1, -0.05) is 13.8 Å². The second-order valence-electron chi connectivity index (χ2n) is 7.95. The van der Waals surface area contributed by atoms with E-state index < -0.39 is 4.92 Å². The first-order chi connectivity index (χ1) is 13.2. The van der Waals surface area contributed by atoms with Gasteiger partial charge in [0.25, 0.3) is 5.69 Å². The normalized spacial score (nSPS) is 15.3. The maximum absolute atomic E-state index is 12.8. The van der Waals surface area contributed by atoms with E-state index in [0.29, 0.717) is 6.42 Å². The minimum Gasteiger partial charge on any atom is -0.313 e. The van der Waals surface area contributed by atoms with Crippen molar-refractivity contribution in [3.8, 4) is 16.9 Å². The van der Waals surface area contributed by atoms with Crippen LogP contribution < -0.4 is 0 Å². The van der Waals surface area contributed by atoms with Gasteiger partial charge in [0, 0.05) is 39.1 Å². The fourth-order valence-electron chi connectivity index (χ4n) is 3.86. The van der Waals surface area contributed by atoms with Gasteiger partial charge in [0.05, 0.1) is 10.6 Å². The van der Waals surface area contributed by atoms with Crippen molar-refractivity contribution >= 4 is 34.1 Å². The van der Waals surface area contributed by atoms with Gasteiger partial charge >= 0.3 is 0 Å². The van der Waals surface area contributed by atoms with Crippen LogP contribution in [0.1, 0.15) is 36.3 Å². The van der Waals surface area contributed by atoms with Crippen molar-refractivity contribution in [1.29, 1.82) is 0 Å². The van der Waals surface area contributed by atoms with Crippen LogP contribution in [0.15, 0.2) is 54.6 Å². The zero-order chi connectivity index (χ0) is 20.1. The van der Waals surface area contributed by atoms with Gasteiger partial charge in [-0.3, -0.25) is 14.9 Å². The molecule has 0 radical (unpaired) electrons. The fraction of sp³-hybridized carbons (Fsp3) is 0.227. The molecule has 0 bridgehead atoms. The predicted molar refractivity (Wildman–Crippen MR) is 117 cm³/mol. The molecule has 1 aromatic heterocycles. The van der Waals surface area contributed by atoms with Gasteiger partial charge in [-0.25, -0.2) is 0 Å². The highest BCUT2D eigenvalue weighted by molar-refractivity contribution is 14.1. The van der Waals surface area contributed by atoms with Crippen LogP contribution in [0.5, 0.6) is 0 Å². The number of carbonyl (C=O) groups excluding carboxylic acids is 1. The lowest BCUT2D eigenvalue weighted by atomic mass is 9.76. The number of aromatic nitrogens is 1. The van der Waals surface area contributed by atoms with Crippen LogP contribution in [0.4, 0.5) is 5.69 Å². The molecule has 0 N–H and O–H groups in total. The van der Waals surface area contributed by atoms with Gasteiger partial charge in [-0.15, -0.1) is 0 Å². The molecule has 0 spiro atoms. The molecule has 4 rings (SSSR count). The second kappa shape index (κ2) is 6.84. The SMILES string of the molecule is CC1(C)CC(=O)c2cc(-c3ccc([N+](=O)[O-])cc3)n(-c3ccc(I)cc3)c2C1. The quantitative estimate of drug-likeness (QED) is 0.267. The molecule has 0 fully saturated rings. The number of nitro groups is 1. The summed E-state index contributed by atoms with van der Waals surface area (Å²) >= 11 is 2.27. The molecule has 5 nitrogen and oxygen atoms in total. The molecule has 0 saturated carbocycles. The van der Waals surface area contributed by atoms with E-state index in [0.717, 1.165) is 38.2 Å². The number of rotatable bonds is 3. The zero-order valence-electron chi connectivity index (χ0n) is 15.6. The molecule has 3 aromatic rings. The van der Waals surface area contributed by atoms with Crippen molar-refractivity contribution < 1.29 is 9.72 Å². The average molecular weight is 486 g/mol. The Morgan fingerprint density at radius 1 is 1.04 bits per heavy atom. The highest BCUT2D eigenvalue weighted by atomic mass is 127. The Labute approximate surface area is 176 Å². The Morgan fingerprint density at radius 2 is 1.68 bits per heavy atom. The summed E-state index contributed by atoms with van der Waals surface area (Å²) in [5, 5.41) is 11.0. The minimum absolute atomic E-state index is 0.0538. The summed E-state index contributed by atoms with van der Waals surface area (Å²) in [5.41, 5.74) is 4.44. The number of Topliss-reactive ketones (excluding diaryl/α,β-unsaturated/α-hetero) is 1. The number of fused-ring (bicyclic) bond motifs is 1. The largest absolute Gasteiger partial charge is 0.313 e. The monoisotopic (exact) mass is 486 g/mol. The molecule has 1 aliphatic rings. The first kappa shape index (κ1) is 18.9. The van der Waals surface area contributed by atoms with E-state index in [9.17, 15) is 14.9 Å². The number of nitrogens with zero attached hydrogens (tertiary/aromatic N) is 2. The Bertz CT molecular complexity index is 1080. The van der Waals surface area contributed by atoms with E-state index in [1.54, 1.807) is 12.1 Å². The van der Waals surface area contributed by atoms with Crippen molar-refractivity contribution in [3.63, 3.8) is 0 Å². The minimum atomic E-state index is -0.404. The summed E-state index contributed by atoms with van der Waals surface area (Å²) in [6, 6.07) is 16.6. The molecule has 28 heavy (non-hydrogen) atoms. The topological polar surface area (TPSA) is 65.1 Å². The van der Waals surface area contributed by atoms with Crippen molar-refractivity contribution in [2.75, 3.05) is 0 Å². The summed E-state index contributed by atoms with van der Waals surface area (Å²) in [6.45, 7) is 4.23. The molecular formula is C22H19IN2O3. The third-order valence-corrected chi connectivity index (χ3v) is 5.87. The van der Waals surface area contributed by atoms with Crippen LogP contribution in [0.25, 0.3) is 16.9 Å². The first-order valence-corrected chi connectivity index (χ1v) is 10.1. The molecule has 0 aliphatic heterocycles. The first-order valence-electron chi connectivity index (χ1n) is 9.04. The van der Waals surface area contributed by atoms with Crippen LogP contribution in [0.2, 0.25) is 0 Å². The van der Waals surface area contributed by atoms with Crippen molar-refractivity contribution in [1.82, 2.24) is 4.57 Å². The summed E-state index contributed by atoms with van der Waals surface area (Å²) in [4.78, 5) is 23.4. The van der Waals surface area contributed by atoms with Crippen LogP contribution in [0, 0.1) is 19.1 Å².